The Morgan fingerprint density at radius 2 is 1.68 bits per heavy atom. The van der Waals surface area contributed by atoms with E-state index in [9.17, 15) is 9.59 Å². The van der Waals surface area contributed by atoms with Gasteiger partial charge in [0, 0.05) is 11.1 Å². The molecule has 0 N–H and O–H groups in total. The van der Waals surface area contributed by atoms with Gasteiger partial charge in [-0.15, -0.1) is 0 Å². The van der Waals surface area contributed by atoms with E-state index in [0.29, 0.717) is 31.0 Å². The molecule has 0 aromatic carbocycles. The summed E-state index contributed by atoms with van der Waals surface area (Å²) in [6.45, 7) is 13.4. The number of carbonyl (C=O) groups excluding carboxylic acids is 2. The number of epoxide rings is 1. The van der Waals surface area contributed by atoms with Gasteiger partial charge in [0.25, 0.3) is 0 Å². The molecule has 1 rings (SSSR count). The summed E-state index contributed by atoms with van der Waals surface area (Å²) in [5, 5.41) is 0. The molecule has 5 nitrogen and oxygen atoms in total. The second-order valence-corrected chi connectivity index (χ2v) is 4.67. The number of esters is 2. The lowest BCUT2D eigenvalue weighted by molar-refractivity contribution is -0.139. The highest BCUT2D eigenvalue weighted by Crippen LogP contribution is 2.09. The maximum Gasteiger partial charge on any atom is 0.333 e. The zero-order valence-corrected chi connectivity index (χ0v) is 13.5. The van der Waals surface area contributed by atoms with E-state index in [2.05, 4.69) is 13.2 Å². The zero-order chi connectivity index (χ0) is 17.0. The molecule has 5 heteroatoms. The van der Waals surface area contributed by atoms with E-state index < -0.39 is 0 Å². The molecule has 0 aliphatic carbocycles. The largest absolute Gasteiger partial charge is 0.459 e. The molecule has 0 radical (unpaired) electrons. The molecule has 22 heavy (non-hydrogen) atoms. The van der Waals surface area contributed by atoms with Crippen LogP contribution < -0.4 is 0 Å². The molecule has 0 aromatic heterocycles. The molecule has 1 atom stereocenters. The minimum atomic E-state index is -0.347. The fraction of sp³-hybridized carbons (Fsp3) is 0.412. The minimum absolute atomic E-state index is 0.142. The Hall–Kier alpha value is -2.14. The van der Waals surface area contributed by atoms with E-state index in [1.165, 1.54) is 0 Å². The highest BCUT2D eigenvalue weighted by atomic mass is 16.6. The minimum Gasteiger partial charge on any atom is -0.459 e. The molecule has 0 bridgehead atoms. The molecule has 0 aromatic rings. The first-order chi connectivity index (χ1) is 10.4. The highest BCUT2D eigenvalue weighted by Gasteiger charge is 2.24. The molecule has 1 aliphatic heterocycles. The lowest BCUT2D eigenvalue weighted by Crippen LogP contribution is -2.09. The van der Waals surface area contributed by atoms with Crippen molar-refractivity contribution in [3.05, 3.63) is 48.6 Å². The van der Waals surface area contributed by atoms with Gasteiger partial charge in [-0.05, 0) is 26.8 Å². The van der Waals surface area contributed by atoms with Gasteiger partial charge in [-0.3, -0.25) is 0 Å². The van der Waals surface area contributed by atoms with Crippen LogP contribution in [-0.2, 0) is 23.8 Å². The van der Waals surface area contributed by atoms with Crippen LogP contribution in [0.4, 0.5) is 0 Å². The van der Waals surface area contributed by atoms with Crippen molar-refractivity contribution < 1.29 is 23.8 Å². The monoisotopic (exact) mass is 308 g/mol. The molecule has 0 amide bonds. The first kappa shape index (κ1) is 19.9. The van der Waals surface area contributed by atoms with Crippen molar-refractivity contribution >= 4 is 11.9 Å². The van der Waals surface area contributed by atoms with Gasteiger partial charge in [-0.2, -0.15) is 0 Å². The quantitative estimate of drug-likeness (QED) is 0.313. The van der Waals surface area contributed by atoms with Crippen LogP contribution >= 0.6 is 0 Å². The molecule has 122 valence electrons. The Morgan fingerprint density at radius 1 is 1.14 bits per heavy atom. The Balaban J connectivity index is 0.000000406. The van der Waals surface area contributed by atoms with Crippen LogP contribution in [0.3, 0.4) is 0 Å². The molecule has 1 saturated heterocycles. The van der Waals surface area contributed by atoms with E-state index in [1.807, 2.05) is 25.2 Å². The second kappa shape index (κ2) is 11.5. The maximum atomic E-state index is 10.8. The molecule has 0 saturated carbocycles. The number of allylic oxidation sites excluding steroid dienone is 3. The van der Waals surface area contributed by atoms with Crippen LogP contribution in [0.25, 0.3) is 0 Å². The summed E-state index contributed by atoms with van der Waals surface area (Å²) in [4.78, 5) is 21.5. The Kier molecular flexibility index (Phi) is 10.4. The van der Waals surface area contributed by atoms with Gasteiger partial charge in [-0.25, -0.2) is 9.59 Å². The summed E-state index contributed by atoms with van der Waals surface area (Å²) in [6.07, 6.45) is 7.50. The topological polar surface area (TPSA) is 65.1 Å². The first-order valence-electron chi connectivity index (χ1n) is 6.93. The SMILES string of the molecule is C=C(C)C(=O)OC/C=C/C=C/C.C=C(C)C(=O)OCC1CO1. The van der Waals surface area contributed by atoms with Crippen molar-refractivity contribution in [1.29, 1.82) is 0 Å². The number of hydrogen-bond donors (Lipinski definition) is 0. The molecular weight excluding hydrogens is 284 g/mol. The van der Waals surface area contributed by atoms with Gasteiger partial charge in [0.2, 0.25) is 0 Å². The van der Waals surface area contributed by atoms with Crippen molar-refractivity contribution in [1.82, 2.24) is 0 Å². The third-order valence-corrected chi connectivity index (χ3v) is 2.25. The van der Waals surface area contributed by atoms with E-state index >= 15 is 0 Å². The number of hydrogen-bond acceptors (Lipinski definition) is 5. The summed E-state index contributed by atoms with van der Waals surface area (Å²) in [7, 11) is 0. The molecule has 0 spiro atoms. The molecule has 1 unspecified atom stereocenters. The van der Waals surface area contributed by atoms with E-state index in [4.69, 9.17) is 14.2 Å². The second-order valence-electron chi connectivity index (χ2n) is 4.67. The fourth-order valence-corrected chi connectivity index (χ4v) is 0.948. The molecule has 1 fully saturated rings. The van der Waals surface area contributed by atoms with Gasteiger partial charge in [0.05, 0.1) is 6.61 Å². The molecule has 1 heterocycles. The van der Waals surface area contributed by atoms with Gasteiger partial charge in [0.1, 0.15) is 19.3 Å². The zero-order valence-electron chi connectivity index (χ0n) is 13.5. The third-order valence-electron chi connectivity index (χ3n) is 2.25. The maximum absolute atomic E-state index is 10.8. The van der Waals surface area contributed by atoms with Crippen molar-refractivity contribution in [3.63, 3.8) is 0 Å². The van der Waals surface area contributed by atoms with Crippen LogP contribution in [0.2, 0.25) is 0 Å². The van der Waals surface area contributed by atoms with Gasteiger partial charge >= 0.3 is 11.9 Å². The summed E-state index contributed by atoms with van der Waals surface area (Å²) < 4.78 is 14.4. The van der Waals surface area contributed by atoms with Gasteiger partial charge in [0.15, 0.2) is 0 Å². The van der Waals surface area contributed by atoms with Crippen LogP contribution in [0.5, 0.6) is 0 Å². The smallest absolute Gasteiger partial charge is 0.333 e. The third kappa shape index (κ3) is 11.7. The van der Waals surface area contributed by atoms with Crippen LogP contribution in [0.15, 0.2) is 48.6 Å². The lowest BCUT2D eigenvalue weighted by Gasteiger charge is -1.99. The molecular formula is C17H24O5. The number of rotatable bonds is 7. The predicted octanol–water partition coefficient (Wildman–Crippen LogP) is 2.74. The van der Waals surface area contributed by atoms with E-state index in [-0.39, 0.29) is 18.0 Å². The average Bonchev–Trinajstić information content (AvgIpc) is 3.29. The van der Waals surface area contributed by atoms with Crippen molar-refractivity contribution in [2.24, 2.45) is 0 Å². The number of carbonyl (C=O) groups is 2. The lowest BCUT2D eigenvalue weighted by atomic mass is 10.4. The van der Waals surface area contributed by atoms with Crippen molar-refractivity contribution in [3.8, 4) is 0 Å². The van der Waals surface area contributed by atoms with Crippen LogP contribution in [0.1, 0.15) is 20.8 Å². The summed E-state index contributed by atoms with van der Waals surface area (Å²) in [6, 6.07) is 0. The predicted molar refractivity (Wildman–Crippen MR) is 85.2 cm³/mol. The Bertz CT molecular complexity index is 456. The normalized spacial score (nSPS) is 15.9. The fourth-order valence-electron chi connectivity index (χ4n) is 0.948. The average molecular weight is 308 g/mol. The highest BCUT2D eigenvalue weighted by molar-refractivity contribution is 5.87. The standard InChI is InChI=1S/C10H14O2.C7H10O3/c1-4-5-6-7-8-12-10(11)9(2)3;1-5(2)7(8)10-4-6-3-9-6/h4-7H,2,8H2,1,3H3;6H,1,3-4H2,2H3/b5-4+,7-6+;. The van der Waals surface area contributed by atoms with Crippen LogP contribution in [-0.4, -0.2) is 37.9 Å². The van der Waals surface area contributed by atoms with E-state index in [0.717, 1.165) is 0 Å². The summed E-state index contributed by atoms with van der Waals surface area (Å²) in [5.74, 6) is -0.685. The number of ether oxygens (including phenoxy) is 3. The molecule has 1 aliphatic rings. The first-order valence-corrected chi connectivity index (χ1v) is 6.93. The summed E-state index contributed by atoms with van der Waals surface area (Å²) >= 11 is 0. The van der Waals surface area contributed by atoms with Gasteiger partial charge < -0.3 is 14.2 Å². The Labute approximate surface area is 131 Å². The van der Waals surface area contributed by atoms with Crippen molar-refractivity contribution in [2.75, 3.05) is 19.8 Å². The van der Waals surface area contributed by atoms with E-state index in [1.54, 1.807) is 19.9 Å². The Morgan fingerprint density at radius 3 is 2.14 bits per heavy atom. The van der Waals surface area contributed by atoms with Gasteiger partial charge in [-0.1, -0.05) is 31.4 Å². The van der Waals surface area contributed by atoms with Crippen molar-refractivity contribution in [2.45, 2.75) is 26.9 Å². The van der Waals surface area contributed by atoms with Crippen LogP contribution in [0, 0.1) is 0 Å². The summed E-state index contributed by atoms with van der Waals surface area (Å²) in [5.41, 5.74) is 0.857.